The molecule has 0 saturated carbocycles. The molecular weight excluding hydrogens is 302 g/mol. The minimum atomic E-state index is -0.345. The molecule has 0 atom stereocenters. The van der Waals surface area contributed by atoms with Gasteiger partial charge in [0.15, 0.2) is 0 Å². The summed E-state index contributed by atoms with van der Waals surface area (Å²) < 4.78 is 0. The maximum atomic E-state index is 11.0. The second-order valence-electron chi connectivity index (χ2n) is 4.53. The summed E-state index contributed by atoms with van der Waals surface area (Å²) in [5.74, 6) is 0.584. The maximum Gasteiger partial charge on any atom is 0.227 e. The Kier molecular flexibility index (Phi) is 3.90. The van der Waals surface area contributed by atoms with Gasteiger partial charge < -0.3 is 5.73 Å². The summed E-state index contributed by atoms with van der Waals surface area (Å²) in [6.07, 6.45) is 0. The number of carbonyl (C=O) groups excluding carboxylic acids is 1. The van der Waals surface area contributed by atoms with E-state index in [-0.39, 0.29) is 11.7 Å². The number of nitrogens with two attached hydrogens (primary N) is 1. The van der Waals surface area contributed by atoms with E-state index in [2.05, 4.69) is 28.2 Å². The third-order valence-corrected chi connectivity index (χ3v) is 4.97. The third kappa shape index (κ3) is 3.06. The number of fused-ring (bicyclic) bond motifs is 1. The SMILES string of the molecule is Cc1nc(SCC(N)=O)c2cc(-c3ccccc3)sc2n1. The van der Waals surface area contributed by atoms with Crippen molar-refractivity contribution in [3.63, 3.8) is 0 Å². The minimum absolute atomic E-state index is 0.224. The molecule has 21 heavy (non-hydrogen) atoms. The maximum absolute atomic E-state index is 11.0. The molecule has 0 fully saturated rings. The monoisotopic (exact) mass is 315 g/mol. The van der Waals surface area contributed by atoms with Crippen LogP contribution < -0.4 is 5.73 Å². The molecule has 0 aliphatic carbocycles. The standard InChI is InChI=1S/C15H13N3OS2/c1-9-17-14(20-8-13(16)19)11-7-12(21-15(11)18-9)10-5-3-2-4-6-10/h2-7H,8H2,1H3,(H2,16,19). The largest absolute Gasteiger partial charge is 0.369 e. The van der Waals surface area contributed by atoms with Gasteiger partial charge in [0.2, 0.25) is 5.91 Å². The highest BCUT2D eigenvalue weighted by atomic mass is 32.2. The second-order valence-corrected chi connectivity index (χ2v) is 6.52. The van der Waals surface area contributed by atoms with Gasteiger partial charge >= 0.3 is 0 Å². The first-order valence-corrected chi connectivity index (χ1v) is 8.18. The molecule has 3 rings (SSSR count). The summed E-state index contributed by atoms with van der Waals surface area (Å²) in [6.45, 7) is 1.86. The van der Waals surface area contributed by atoms with Gasteiger partial charge in [0, 0.05) is 10.3 Å². The number of aryl methyl sites for hydroxylation is 1. The quantitative estimate of drug-likeness (QED) is 0.593. The number of nitrogens with zero attached hydrogens (tertiary/aromatic N) is 2. The van der Waals surface area contributed by atoms with Crippen molar-refractivity contribution in [3.8, 4) is 10.4 Å². The first kappa shape index (κ1) is 14.0. The smallest absolute Gasteiger partial charge is 0.227 e. The number of thioether (sulfide) groups is 1. The zero-order valence-corrected chi connectivity index (χ0v) is 13.0. The molecule has 0 aliphatic rings. The average Bonchev–Trinajstić information content (AvgIpc) is 2.89. The molecule has 0 saturated heterocycles. The molecule has 0 bridgehead atoms. The van der Waals surface area contributed by atoms with Gasteiger partial charge in [-0.25, -0.2) is 9.97 Å². The lowest BCUT2D eigenvalue weighted by molar-refractivity contribution is -0.115. The summed E-state index contributed by atoms with van der Waals surface area (Å²) in [4.78, 5) is 22.0. The number of benzene rings is 1. The van der Waals surface area contributed by atoms with Crippen molar-refractivity contribution in [2.75, 3.05) is 5.75 Å². The van der Waals surface area contributed by atoms with Crippen molar-refractivity contribution in [1.82, 2.24) is 9.97 Å². The van der Waals surface area contributed by atoms with Crippen LogP contribution in [0.5, 0.6) is 0 Å². The molecular formula is C15H13N3OS2. The first-order chi connectivity index (χ1) is 10.1. The Morgan fingerprint density at radius 2 is 2.05 bits per heavy atom. The van der Waals surface area contributed by atoms with E-state index in [1.54, 1.807) is 11.3 Å². The molecule has 2 aromatic heterocycles. The molecule has 0 radical (unpaired) electrons. The van der Waals surface area contributed by atoms with Gasteiger partial charge in [-0.2, -0.15) is 0 Å². The van der Waals surface area contributed by atoms with Crippen LogP contribution in [0.4, 0.5) is 0 Å². The Balaban J connectivity index is 2.08. The van der Waals surface area contributed by atoms with Crippen molar-refractivity contribution >= 4 is 39.2 Å². The lowest BCUT2D eigenvalue weighted by Crippen LogP contribution is -2.13. The number of aromatic nitrogens is 2. The number of amides is 1. The van der Waals surface area contributed by atoms with Crippen molar-refractivity contribution in [3.05, 3.63) is 42.2 Å². The van der Waals surface area contributed by atoms with E-state index in [1.165, 1.54) is 11.8 Å². The number of thiophene rings is 1. The summed E-state index contributed by atoms with van der Waals surface area (Å²) in [5, 5.41) is 1.80. The summed E-state index contributed by atoms with van der Waals surface area (Å²) in [6, 6.07) is 12.2. The van der Waals surface area contributed by atoms with Crippen LogP contribution in [0.3, 0.4) is 0 Å². The number of primary amides is 1. The van der Waals surface area contributed by atoms with Crippen molar-refractivity contribution in [2.24, 2.45) is 5.73 Å². The summed E-state index contributed by atoms with van der Waals surface area (Å²) in [5.41, 5.74) is 6.37. The predicted octanol–water partition coefficient (Wildman–Crippen LogP) is 3.24. The lowest BCUT2D eigenvalue weighted by Gasteiger charge is -2.01. The molecule has 4 nitrogen and oxygen atoms in total. The summed E-state index contributed by atoms with van der Waals surface area (Å²) >= 11 is 2.99. The molecule has 2 heterocycles. The van der Waals surface area contributed by atoms with Gasteiger partial charge in [-0.1, -0.05) is 42.1 Å². The zero-order chi connectivity index (χ0) is 14.8. The highest BCUT2D eigenvalue weighted by Crippen LogP contribution is 2.36. The number of hydrogen-bond acceptors (Lipinski definition) is 5. The Morgan fingerprint density at radius 3 is 2.76 bits per heavy atom. The van der Waals surface area contributed by atoms with Gasteiger partial charge in [-0.15, -0.1) is 11.3 Å². The fourth-order valence-corrected chi connectivity index (χ4v) is 3.92. The normalized spacial score (nSPS) is 10.9. The van der Waals surface area contributed by atoms with E-state index in [0.717, 1.165) is 25.7 Å². The van der Waals surface area contributed by atoms with Crippen LogP contribution in [0.15, 0.2) is 41.4 Å². The minimum Gasteiger partial charge on any atom is -0.369 e. The number of hydrogen-bond donors (Lipinski definition) is 1. The van der Waals surface area contributed by atoms with Crippen LogP contribution in [0.1, 0.15) is 5.82 Å². The molecule has 3 aromatic rings. The molecule has 106 valence electrons. The van der Waals surface area contributed by atoms with Crippen LogP contribution in [0.25, 0.3) is 20.7 Å². The van der Waals surface area contributed by atoms with Crippen molar-refractivity contribution in [2.45, 2.75) is 11.9 Å². The molecule has 2 N–H and O–H groups in total. The summed E-state index contributed by atoms with van der Waals surface area (Å²) in [7, 11) is 0. The van der Waals surface area contributed by atoms with E-state index in [9.17, 15) is 4.79 Å². The Labute approximate surface area is 130 Å². The topological polar surface area (TPSA) is 68.9 Å². The molecule has 6 heteroatoms. The molecule has 1 amide bonds. The van der Waals surface area contributed by atoms with E-state index in [1.807, 2.05) is 25.1 Å². The number of rotatable bonds is 4. The fourth-order valence-electron chi connectivity index (χ4n) is 1.99. The third-order valence-electron chi connectivity index (χ3n) is 2.88. The fraction of sp³-hybridized carbons (Fsp3) is 0.133. The highest BCUT2D eigenvalue weighted by Gasteiger charge is 2.12. The number of carbonyl (C=O) groups is 1. The highest BCUT2D eigenvalue weighted by molar-refractivity contribution is 8.00. The second kappa shape index (κ2) is 5.83. The van der Waals surface area contributed by atoms with Gasteiger partial charge in [0.25, 0.3) is 0 Å². The predicted molar refractivity (Wildman–Crippen MR) is 87.5 cm³/mol. The van der Waals surface area contributed by atoms with Crippen molar-refractivity contribution < 1.29 is 4.79 Å². The van der Waals surface area contributed by atoms with E-state index >= 15 is 0 Å². The van der Waals surface area contributed by atoms with Gasteiger partial charge in [-0.3, -0.25) is 4.79 Å². The van der Waals surface area contributed by atoms with E-state index < -0.39 is 0 Å². The van der Waals surface area contributed by atoms with E-state index in [4.69, 9.17) is 5.73 Å². The van der Waals surface area contributed by atoms with Crippen LogP contribution in [0.2, 0.25) is 0 Å². The Morgan fingerprint density at radius 1 is 1.29 bits per heavy atom. The van der Waals surface area contributed by atoms with Crippen LogP contribution >= 0.6 is 23.1 Å². The lowest BCUT2D eigenvalue weighted by atomic mass is 10.2. The van der Waals surface area contributed by atoms with Gasteiger partial charge in [0.05, 0.1) is 5.75 Å². The average molecular weight is 315 g/mol. The van der Waals surface area contributed by atoms with Crippen LogP contribution in [-0.4, -0.2) is 21.6 Å². The Hall–Kier alpha value is -1.92. The van der Waals surface area contributed by atoms with Gasteiger partial charge in [-0.05, 0) is 18.6 Å². The van der Waals surface area contributed by atoms with E-state index in [0.29, 0.717) is 5.82 Å². The van der Waals surface area contributed by atoms with Crippen molar-refractivity contribution in [1.29, 1.82) is 0 Å². The molecule has 0 unspecified atom stereocenters. The Bertz CT molecular complexity index is 799. The van der Waals surface area contributed by atoms with Gasteiger partial charge in [0.1, 0.15) is 15.7 Å². The molecule has 0 spiro atoms. The van der Waals surface area contributed by atoms with Crippen LogP contribution in [0, 0.1) is 6.92 Å². The molecule has 0 aliphatic heterocycles. The first-order valence-electron chi connectivity index (χ1n) is 6.38. The molecule has 1 aromatic carbocycles. The van der Waals surface area contributed by atoms with Crippen LogP contribution in [-0.2, 0) is 4.79 Å². The zero-order valence-electron chi connectivity index (χ0n) is 11.4.